The molecule has 0 spiro atoms. The number of phenolic OH excluding ortho intramolecular Hbond substituents is 1. The number of aromatic hydroxyl groups is 2. The number of carboxylic acids is 1. The van der Waals surface area contributed by atoms with E-state index in [9.17, 15) is 29.7 Å². The highest BCUT2D eigenvalue weighted by molar-refractivity contribution is 6.30. The van der Waals surface area contributed by atoms with Gasteiger partial charge in [-0.15, -0.1) is 0 Å². The van der Waals surface area contributed by atoms with Crippen molar-refractivity contribution in [3.63, 3.8) is 0 Å². The molecular weight excluding hydrogens is 360 g/mol. The van der Waals surface area contributed by atoms with Crippen LogP contribution in [-0.4, -0.2) is 32.9 Å². The molecule has 0 saturated heterocycles. The number of aryl methyl sites for hydroxylation is 1. The summed E-state index contributed by atoms with van der Waals surface area (Å²) in [5.74, 6) is -3.24. The number of rotatable bonds is 4. The van der Waals surface area contributed by atoms with Crippen molar-refractivity contribution >= 4 is 23.6 Å². The van der Waals surface area contributed by atoms with Gasteiger partial charge in [-0.3, -0.25) is 9.59 Å². The molecule has 0 amide bonds. The van der Waals surface area contributed by atoms with E-state index in [2.05, 4.69) is 6.58 Å². The molecule has 3 rings (SSSR count). The van der Waals surface area contributed by atoms with Crippen LogP contribution in [0.1, 0.15) is 67.2 Å². The smallest absolute Gasteiger partial charge is 0.339 e. The summed E-state index contributed by atoms with van der Waals surface area (Å²) < 4.78 is 0. The first-order chi connectivity index (χ1) is 13.2. The number of carbonyl (C=O) groups excluding carboxylic acids is 2. The lowest BCUT2D eigenvalue weighted by Crippen LogP contribution is -2.24. The van der Waals surface area contributed by atoms with E-state index in [1.807, 2.05) is 0 Å². The van der Waals surface area contributed by atoms with Gasteiger partial charge in [-0.1, -0.05) is 31.2 Å². The normalized spacial score (nSPS) is 12.8. The number of hydrogen-bond donors (Lipinski definition) is 3. The van der Waals surface area contributed by atoms with E-state index in [4.69, 9.17) is 0 Å². The van der Waals surface area contributed by atoms with Gasteiger partial charge in [0.2, 0.25) is 0 Å². The second kappa shape index (κ2) is 6.81. The van der Waals surface area contributed by atoms with Gasteiger partial charge in [0.25, 0.3) is 0 Å². The summed E-state index contributed by atoms with van der Waals surface area (Å²) in [6, 6.07) is 3.45. The van der Waals surface area contributed by atoms with Crippen molar-refractivity contribution < 1.29 is 29.7 Å². The standard InChI is InChI=1S/C22H18O6/c1-4-11-7-16(23)12(6-5-10(2)3)19-18(11)20(25)13-8-15(22(27)28)17(24)9-14(13)21(19)26/h5-9,23-24H,2,4H2,1,3H3,(H,27,28). The van der Waals surface area contributed by atoms with E-state index >= 15 is 0 Å². The van der Waals surface area contributed by atoms with Crippen LogP contribution in [0, 0.1) is 0 Å². The quantitative estimate of drug-likeness (QED) is 0.597. The molecule has 28 heavy (non-hydrogen) atoms. The molecule has 0 unspecified atom stereocenters. The van der Waals surface area contributed by atoms with Crippen molar-refractivity contribution in [1.82, 2.24) is 0 Å². The van der Waals surface area contributed by atoms with Gasteiger partial charge in [-0.25, -0.2) is 4.79 Å². The molecule has 1 aliphatic carbocycles. The fraction of sp³-hybridized carbons (Fsp3) is 0.136. The molecular formula is C22H18O6. The maximum absolute atomic E-state index is 13.2. The van der Waals surface area contributed by atoms with Gasteiger partial charge in [0.15, 0.2) is 11.6 Å². The fourth-order valence-electron chi connectivity index (χ4n) is 3.31. The average molecular weight is 378 g/mol. The summed E-state index contributed by atoms with van der Waals surface area (Å²) in [6.07, 6.45) is 3.51. The topological polar surface area (TPSA) is 112 Å². The van der Waals surface area contributed by atoms with E-state index < -0.39 is 28.8 Å². The Morgan fingerprint density at radius 1 is 1.04 bits per heavy atom. The van der Waals surface area contributed by atoms with Crippen LogP contribution in [-0.2, 0) is 6.42 Å². The third-order valence-electron chi connectivity index (χ3n) is 4.65. The van der Waals surface area contributed by atoms with Gasteiger partial charge in [0.05, 0.1) is 0 Å². The zero-order valence-electron chi connectivity index (χ0n) is 15.4. The molecule has 0 aromatic heterocycles. The number of allylic oxidation sites excluding steroid dienone is 2. The van der Waals surface area contributed by atoms with Crippen LogP contribution in [0.3, 0.4) is 0 Å². The van der Waals surface area contributed by atoms with Gasteiger partial charge >= 0.3 is 5.97 Å². The van der Waals surface area contributed by atoms with Crippen molar-refractivity contribution in [1.29, 1.82) is 0 Å². The Bertz CT molecular complexity index is 1100. The molecule has 2 aromatic carbocycles. The molecule has 142 valence electrons. The van der Waals surface area contributed by atoms with Gasteiger partial charge in [-0.2, -0.15) is 0 Å². The predicted octanol–water partition coefficient (Wildman–Crippen LogP) is 3.72. The van der Waals surface area contributed by atoms with Crippen LogP contribution in [0.2, 0.25) is 0 Å². The van der Waals surface area contributed by atoms with E-state index in [1.54, 1.807) is 19.9 Å². The summed E-state index contributed by atoms with van der Waals surface area (Å²) in [4.78, 5) is 37.7. The van der Waals surface area contributed by atoms with Crippen molar-refractivity contribution in [3.05, 3.63) is 75.4 Å². The molecule has 3 N–H and O–H groups in total. The van der Waals surface area contributed by atoms with Gasteiger partial charge < -0.3 is 15.3 Å². The largest absolute Gasteiger partial charge is 0.507 e. The first-order valence-corrected chi connectivity index (χ1v) is 8.59. The number of phenols is 2. The molecule has 6 heteroatoms. The Labute approximate surface area is 161 Å². The van der Waals surface area contributed by atoms with Crippen molar-refractivity contribution in [2.45, 2.75) is 20.3 Å². The van der Waals surface area contributed by atoms with Crippen molar-refractivity contribution in [2.24, 2.45) is 0 Å². The molecule has 0 radical (unpaired) electrons. The Morgan fingerprint density at radius 2 is 1.64 bits per heavy atom. The highest BCUT2D eigenvalue weighted by atomic mass is 16.4. The molecule has 1 aliphatic rings. The Hall–Kier alpha value is -3.67. The predicted molar refractivity (Wildman–Crippen MR) is 103 cm³/mol. The molecule has 6 nitrogen and oxygen atoms in total. The lowest BCUT2D eigenvalue weighted by Gasteiger charge is -2.23. The summed E-state index contributed by atoms with van der Waals surface area (Å²) in [5, 5.41) is 29.6. The number of carboxylic acid groups (broad SMARTS) is 1. The molecule has 0 bridgehead atoms. The highest BCUT2D eigenvalue weighted by Crippen LogP contribution is 2.39. The molecule has 0 saturated carbocycles. The van der Waals surface area contributed by atoms with Crippen LogP contribution in [0.15, 0.2) is 36.4 Å². The van der Waals surface area contributed by atoms with Gasteiger partial charge in [-0.05, 0) is 37.1 Å². The summed E-state index contributed by atoms with van der Waals surface area (Å²) in [6.45, 7) is 7.27. The van der Waals surface area contributed by atoms with Crippen LogP contribution in [0.25, 0.3) is 6.08 Å². The van der Waals surface area contributed by atoms with Crippen LogP contribution in [0.5, 0.6) is 11.5 Å². The third-order valence-corrected chi connectivity index (χ3v) is 4.65. The van der Waals surface area contributed by atoms with Crippen LogP contribution < -0.4 is 0 Å². The number of carbonyl (C=O) groups is 3. The Balaban J connectivity index is 2.38. The third kappa shape index (κ3) is 2.89. The number of ketones is 2. The molecule has 0 aliphatic heterocycles. The first kappa shape index (κ1) is 19.1. The molecule has 0 atom stereocenters. The van der Waals surface area contributed by atoms with E-state index in [-0.39, 0.29) is 33.6 Å². The fourth-order valence-corrected chi connectivity index (χ4v) is 3.31. The number of benzene rings is 2. The molecule has 0 heterocycles. The number of aromatic carboxylic acids is 1. The first-order valence-electron chi connectivity index (χ1n) is 8.59. The Morgan fingerprint density at radius 3 is 2.21 bits per heavy atom. The van der Waals surface area contributed by atoms with Gasteiger partial charge in [0.1, 0.15) is 17.1 Å². The number of fused-ring (bicyclic) bond motifs is 2. The monoisotopic (exact) mass is 378 g/mol. The minimum Gasteiger partial charge on any atom is -0.507 e. The zero-order valence-corrected chi connectivity index (χ0v) is 15.4. The summed E-state index contributed by atoms with van der Waals surface area (Å²) in [7, 11) is 0. The summed E-state index contributed by atoms with van der Waals surface area (Å²) in [5.41, 5.74) is 0.889. The minimum absolute atomic E-state index is 0.0364. The Kier molecular flexibility index (Phi) is 4.65. The molecule has 2 aromatic rings. The summed E-state index contributed by atoms with van der Waals surface area (Å²) >= 11 is 0. The van der Waals surface area contributed by atoms with E-state index in [0.29, 0.717) is 17.6 Å². The van der Waals surface area contributed by atoms with Gasteiger partial charge in [0, 0.05) is 27.8 Å². The van der Waals surface area contributed by atoms with Crippen molar-refractivity contribution in [3.8, 4) is 11.5 Å². The van der Waals surface area contributed by atoms with E-state index in [1.165, 1.54) is 12.1 Å². The second-order valence-corrected chi connectivity index (χ2v) is 6.63. The zero-order chi connectivity index (χ0) is 20.7. The van der Waals surface area contributed by atoms with E-state index in [0.717, 1.165) is 12.1 Å². The van der Waals surface area contributed by atoms with Crippen molar-refractivity contribution in [2.75, 3.05) is 0 Å². The highest BCUT2D eigenvalue weighted by Gasteiger charge is 2.35. The lowest BCUT2D eigenvalue weighted by molar-refractivity contribution is 0.0693. The lowest BCUT2D eigenvalue weighted by atomic mass is 9.78. The SMILES string of the molecule is C=C(C)C=Cc1c(O)cc(CC)c2c1C(=O)c1cc(O)c(C(=O)O)cc1C2=O. The second-order valence-electron chi connectivity index (χ2n) is 6.63. The van der Waals surface area contributed by atoms with Crippen LogP contribution >= 0.6 is 0 Å². The van der Waals surface area contributed by atoms with Crippen LogP contribution in [0.4, 0.5) is 0 Å². The minimum atomic E-state index is -1.40. The number of hydrogen-bond acceptors (Lipinski definition) is 5. The molecule has 0 fully saturated rings. The maximum Gasteiger partial charge on any atom is 0.339 e. The maximum atomic E-state index is 13.2. The average Bonchev–Trinajstić information content (AvgIpc) is 2.63.